The third kappa shape index (κ3) is 4.11. The summed E-state index contributed by atoms with van der Waals surface area (Å²) in [5, 5.41) is 4.19. The van der Waals surface area contributed by atoms with E-state index >= 15 is 0 Å². The molecule has 0 saturated carbocycles. The van der Waals surface area contributed by atoms with Gasteiger partial charge in [-0.3, -0.25) is 4.68 Å². The molecule has 0 saturated heterocycles. The lowest BCUT2D eigenvalue weighted by Crippen LogP contribution is -2.27. The Morgan fingerprint density at radius 1 is 1.26 bits per heavy atom. The van der Waals surface area contributed by atoms with Crippen LogP contribution in [0.15, 0.2) is 35.4 Å². The van der Waals surface area contributed by atoms with Gasteiger partial charge in [0.25, 0.3) is 0 Å². The van der Waals surface area contributed by atoms with Crippen molar-refractivity contribution in [3.05, 3.63) is 41.7 Å². The van der Waals surface area contributed by atoms with E-state index in [2.05, 4.69) is 9.82 Å². The summed E-state index contributed by atoms with van der Waals surface area (Å²) >= 11 is 0. The predicted molar refractivity (Wildman–Crippen MR) is 89.0 cm³/mol. The van der Waals surface area contributed by atoms with Gasteiger partial charge in [0, 0.05) is 18.8 Å². The topological polar surface area (TPSA) is 73.2 Å². The molecule has 0 aliphatic rings. The fourth-order valence-corrected chi connectivity index (χ4v) is 3.73. The van der Waals surface area contributed by atoms with Gasteiger partial charge in [0.05, 0.1) is 12.3 Å². The molecule has 126 valence electrons. The highest BCUT2D eigenvalue weighted by atomic mass is 32.2. The molecular weight excluding hydrogens is 314 g/mol. The second-order valence-electron chi connectivity index (χ2n) is 5.28. The van der Waals surface area contributed by atoms with E-state index in [0.717, 1.165) is 11.3 Å². The Kier molecular flexibility index (Phi) is 5.43. The van der Waals surface area contributed by atoms with Crippen LogP contribution in [-0.4, -0.2) is 24.8 Å². The smallest absolute Gasteiger partial charge is 0.244 e. The lowest BCUT2D eigenvalue weighted by molar-refractivity contribution is 0.340. The maximum atomic E-state index is 12.5. The summed E-state index contributed by atoms with van der Waals surface area (Å²) in [5.41, 5.74) is 1.37. The van der Waals surface area contributed by atoms with Gasteiger partial charge in [-0.25, -0.2) is 13.1 Å². The molecule has 0 aliphatic carbocycles. The van der Waals surface area contributed by atoms with Crippen molar-refractivity contribution >= 4 is 10.0 Å². The molecular formula is C16H23N3O3S. The third-order valence-electron chi connectivity index (χ3n) is 3.54. The summed E-state index contributed by atoms with van der Waals surface area (Å²) in [7, 11) is -3.61. The van der Waals surface area contributed by atoms with Gasteiger partial charge in [-0.15, -0.1) is 0 Å². The number of sulfonamides is 1. The molecule has 6 nitrogen and oxygen atoms in total. The number of nitrogens with zero attached hydrogens (tertiary/aromatic N) is 2. The fraction of sp³-hybridized carbons (Fsp3) is 0.438. The average Bonchev–Trinajstić information content (AvgIpc) is 2.90. The van der Waals surface area contributed by atoms with Crippen LogP contribution in [0.25, 0.3) is 0 Å². The van der Waals surface area contributed by atoms with Crippen LogP contribution in [0.1, 0.15) is 38.1 Å². The number of rotatable bonds is 7. The van der Waals surface area contributed by atoms with Crippen molar-refractivity contribution in [2.75, 3.05) is 6.61 Å². The van der Waals surface area contributed by atoms with Gasteiger partial charge >= 0.3 is 0 Å². The van der Waals surface area contributed by atoms with Crippen LogP contribution in [0, 0.1) is 6.92 Å². The third-order valence-corrected chi connectivity index (χ3v) is 5.18. The number of nitrogens with one attached hydrogen (secondary N) is 1. The number of aromatic nitrogens is 2. The van der Waals surface area contributed by atoms with Crippen LogP contribution >= 0.6 is 0 Å². The van der Waals surface area contributed by atoms with Crippen LogP contribution in [0.3, 0.4) is 0 Å². The van der Waals surface area contributed by atoms with Crippen molar-refractivity contribution in [1.82, 2.24) is 14.5 Å². The first-order valence-corrected chi connectivity index (χ1v) is 9.14. The molecule has 0 spiro atoms. The molecule has 23 heavy (non-hydrogen) atoms. The summed E-state index contributed by atoms with van der Waals surface area (Å²) in [6.07, 6.45) is 1.56. The normalized spacial score (nSPS) is 13.0. The Hall–Kier alpha value is -1.86. The van der Waals surface area contributed by atoms with E-state index < -0.39 is 10.0 Å². The second-order valence-corrected chi connectivity index (χ2v) is 6.96. The molecule has 0 amide bonds. The van der Waals surface area contributed by atoms with Crippen molar-refractivity contribution in [1.29, 1.82) is 0 Å². The Labute approximate surface area is 137 Å². The summed E-state index contributed by atoms with van der Waals surface area (Å²) in [6.45, 7) is 8.57. The molecule has 0 aliphatic heterocycles. The van der Waals surface area contributed by atoms with Crippen molar-refractivity contribution in [3.8, 4) is 5.75 Å². The first-order chi connectivity index (χ1) is 10.9. The monoisotopic (exact) mass is 337 g/mol. The Balaban J connectivity index is 2.17. The van der Waals surface area contributed by atoms with Gasteiger partial charge in [0.15, 0.2) is 0 Å². The molecule has 1 heterocycles. The molecule has 1 aromatic carbocycles. The molecule has 1 unspecified atom stereocenters. The highest BCUT2D eigenvalue weighted by Crippen LogP contribution is 2.21. The number of ether oxygens (including phenoxy) is 1. The van der Waals surface area contributed by atoms with Crippen LogP contribution in [0.5, 0.6) is 5.75 Å². The van der Waals surface area contributed by atoms with E-state index in [1.165, 1.54) is 0 Å². The Morgan fingerprint density at radius 3 is 2.43 bits per heavy atom. The molecule has 1 atom stereocenters. The number of hydrogen-bond acceptors (Lipinski definition) is 4. The van der Waals surface area contributed by atoms with Gasteiger partial charge in [0.1, 0.15) is 10.6 Å². The molecule has 0 radical (unpaired) electrons. The molecule has 7 heteroatoms. The minimum Gasteiger partial charge on any atom is -0.494 e. The quantitative estimate of drug-likeness (QED) is 0.843. The van der Waals surface area contributed by atoms with Crippen molar-refractivity contribution in [3.63, 3.8) is 0 Å². The van der Waals surface area contributed by atoms with E-state index in [0.29, 0.717) is 18.8 Å². The molecule has 0 bridgehead atoms. The zero-order chi connectivity index (χ0) is 17.0. The maximum absolute atomic E-state index is 12.5. The molecule has 1 N–H and O–H groups in total. The SMILES string of the molecule is CCOc1ccc(C(C)NS(=O)(=O)c2cn(CC)nc2C)cc1. The molecule has 2 rings (SSSR count). The number of benzene rings is 1. The van der Waals surface area contributed by atoms with Crippen LogP contribution in [0.4, 0.5) is 0 Å². The van der Waals surface area contributed by atoms with Crippen LogP contribution in [0.2, 0.25) is 0 Å². The van der Waals surface area contributed by atoms with Gasteiger partial charge in [0.2, 0.25) is 10.0 Å². The van der Waals surface area contributed by atoms with Gasteiger partial charge in [-0.2, -0.15) is 5.10 Å². The zero-order valence-corrected chi connectivity index (χ0v) is 14.7. The van der Waals surface area contributed by atoms with Crippen molar-refractivity contribution in [2.24, 2.45) is 0 Å². The first-order valence-electron chi connectivity index (χ1n) is 7.66. The second kappa shape index (κ2) is 7.14. The van der Waals surface area contributed by atoms with E-state index in [-0.39, 0.29) is 10.9 Å². The molecule has 2 aromatic rings. The Bertz CT molecular complexity index is 751. The van der Waals surface area contributed by atoms with Crippen LogP contribution in [-0.2, 0) is 16.6 Å². The largest absolute Gasteiger partial charge is 0.494 e. The fourth-order valence-electron chi connectivity index (χ4n) is 2.31. The number of aryl methyl sites for hydroxylation is 2. The highest BCUT2D eigenvalue weighted by molar-refractivity contribution is 7.89. The lowest BCUT2D eigenvalue weighted by atomic mass is 10.1. The van der Waals surface area contributed by atoms with Gasteiger partial charge in [-0.05, 0) is 45.4 Å². The Morgan fingerprint density at radius 2 is 1.91 bits per heavy atom. The standard InChI is InChI=1S/C16H23N3O3S/c1-5-19-11-16(13(4)17-19)23(20,21)18-12(3)14-7-9-15(10-8-14)22-6-2/h7-12,18H,5-6H2,1-4H3. The minimum atomic E-state index is -3.61. The van der Waals surface area contributed by atoms with E-state index in [4.69, 9.17) is 4.74 Å². The molecule has 1 aromatic heterocycles. The highest BCUT2D eigenvalue weighted by Gasteiger charge is 2.22. The predicted octanol–water partition coefficient (Wildman–Crippen LogP) is 2.65. The van der Waals surface area contributed by atoms with Crippen LogP contribution < -0.4 is 9.46 Å². The summed E-state index contributed by atoms with van der Waals surface area (Å²) < 4.78 is 34.8. The van der Waals surface area contributed by atoms with Gasteiger partial charge < -0.3 is 4.74 Å². The molecule has 0 fully saturated rings. The zero-order valence-electron chi connectivity index (χ0n) is 13.9. The van der Waals surface area contributed by atoms with Gasteiger partial charge in [-0.1, -0.05) is 12.1 Å². The summed E-state index contributed by atoms with van der Waals surface area (Å²) in [6, 6.07) is 7.05. The van der Waals surface area contributed by atoms with E-state index in [1.54, 1.807) is 17.8 Å². The lowest BCUT2D eigenvalue weighted by Gasteiger charge is -2.15. The summed E-state index contributed by atoms with van der Waals surface area (Å²) in [5.74, 6) is 0.770. The van der Waals surface area contributed by atoms with Crippen molar-refractivity contribution in [2.45, 2.75) is 45.2 Å². The number of hydrogen-bond donors (Lipinski definition) is 1. The minimum absolute atomic E-state index is 0.220. The maximum Gasteiger partial charge on any atom is 0.244 e. The van der Waals surface area contributed by atoms with E-state index in [1.807, 2.05) is 45.0 Å². The van der Waals surface area contributed by atoms with Crippen molar-refractivity contribution < 1.29 is 13.2 Å². The first kappa shape index (κ1) is 17.5. The summed E-state index contributed by atoms with van der Waals surface area (Å²) in [4.78, 5) is 0.220. The van der Waals surface area contributed by atoms with E-state index in [9.17, 15) is 8.42 Å². The average molecular weight is 337 g/mol.